The van der Waals surface area contributed by atoms with Crippen molar-refractivity contribution in [3.05, 3.63) is 41.2 Å². The largest absolute Gasteiger partial charge is 0.316 e. The van der Waals surface area contributed by atoms with Crippen molar-refractivity contribution >= 4 is 11.6 Å². The van der Waals surface area contributed by atoms with E-state index in [0.717, 1.165) is 12.1 Å². The highest BCUT2D eigenvalue weighted by Gasteiger charge is 2.18. The van der Waals surface area contributed by atoms with E-state index in [1.54, 1.807) is 0 Å². The number of hydrogen-bond donors (Lipinski definition) is 1. The molecule has 0 aliphatic heterocycles. The smallest absolute Gasteiger partial charge is 0.280 e. The Morgan fingerprint density at radius 1 is 1.29 bits per heavy atom. The summed E-state index contributed by atoms with van der Waals surface area (Å²) >= 11 is 0. The van der Waals surface area contributed by atoms with E-state index in [1.807, 2.05) is 0 Å². The van der Waals surface area contributed by atoms with Crippen molar-refractivity contribution < 1.29 is 18.2 Å². The quantitative estimate of drug-likeness (QED) is 0.869. The first-order valence-corrected chi connectivity index (χ1v) is 4.64. The predicted molar refractivity (Wildman–Crippen MR) is 53.3 cm³/mol. The molecule has 2 rings (SSSR count). The molecule has 1 N–H and O–H groups in total. The maximum atomic E-state index is 13.2. The first kappa shape index (κ1) is 11.2. The summed E-state index contributed by atoms with van der Waals surface area (Å²) in [4.78, 5) is 11.6. The maximum absolute atomic E-state index is 13.2. The fourth-order valence-corrected chi connectivity index (χ4v) is 1.23. The van der Waals surface area contributed by atoms with Crippen LogP contribution in [-0.2, 0) is 0 Å². The highest BCUT2D eigenvalue weighted by atomic mass is 19.1. The zero-order valence-electron chi connectivity index (χ0n) is 8.70. The highest BCUT2D eigenvalue weighted by Crippen LogP contribution is 2.18. The van der Waals surface area contributed by atoms with E-state index in [0.29, 0.717) is 0 Å². The predicted octanol–water partition coefficient (Wildman–Crippen LogP) is 1.91. The van der Waals surface area contributed by atoms with E-state index in [4.69, 9.17) is 0 Å². The Morgan fingerprint density at radius 2 is 1.94 bits per heavy atom. The number of hydrogen-bond acceptors (Lipinski definition) is 4. The number of aryl methyl sites for hydroxylation is 1. The van der Waals surface area contributed by atoms with Crippen molar-refractivity contribution in [2.75, 3.05) is 5.32 Å². The van der Waals surface area contributed by atoms with Crippen LogP contribution >= 0.6 is 0 Å². The standard InChI is InChI=1S/C10H7F2N3O2/c1-5-8(15-17-14-5)10(16)13-9-6(11)3-2-4-7(9)12/h2-4H,1H3,(H,13,16). The lowest BCUT2D eigenvalue weighted by Gasteiger charge is -2.05. The third-order valence-electron chi connectivity index (χ3n) is 2.07. The van der Waals surface area contributed by atoms with Gasteiger partial charge in [-0.05, 0) is 24.2 Å². The molecule has 1 aromatic carbocycles. The number of nitrogens with zero attached hydrogens (tertiary/aromatic N) is 2. The summed E-state index contributed by atoms with van der Waals surface area (Å²) < 4.78 is 30.8. The van der Waals surface area contributed by atoms with Crippen molar-refractivity contribution in [1.82, 2.24) is 10.3 Å². The van der Waals surface area contributed by atoms with E-state index >= 15 is 0 Å². The monoisotopic (exact) mass is 239 g/mol. The molecule has 1 heterocycles. The number of para-hydroxylation sites is 1. The number of amides is 1. The zero-order valence-corrected chi connectivity index (χ0v) is 8.70. The average molecular weight is 239 g/mol. The molecule has 0 bridgehead atoms. The topological polar surface area (TPSA) is 68.0 Å². The van der Waals surface area contributed by atoms with Gasteiger partial charge >= 0.3 is 0 Å². The minimum absolute atomic E-state index is 0.118. The van der Waals surface area contributed by atoms with Crippen LogP contribution in [0.25, 0.3) is 0 Å². The van der Waals surface area contributed by atoms with Crippen LogP contribution in [0.3, 0.4) is 0 Å². The normalized spacial score (nSPS) is 10.3. The van der Waals surface area contributed by atoms with Gasteiger partial charge in [0.15, 0.2) is 5.69 Å². The summed E-state index contributed by atoms with van der Waals surface area (Å²) in [5, 5.41) is 8.79. The molecule has 0 saturated carbocycles. The van der Waals surface area contributed by atoms with E-state index in [9.17, 15) is 13.6 Å². The number of nitrogens with one attached hydrogen (secondary N) is 1. The molecular formula is C10H7F2N3O2. The number of aromatic nitrogens is 2. The molecule has 0 atom stereocenters. The van der Waals surface area contributed by atoms with Gasteiger partial charge in [-0.1, -0.05) is 11.2 Å². The molecule has 0 fully saturated rings. The molecule has 7 heteroatoms. The second kappa shape index (κ2) is 4.28. The summed E-state index contributed by atoms with van der Waals surface area (Å²) in [7, 11) is 0. The Labute approximate surface area is 94.4 Å². The van der Waals surface area contributed by atoms with Gasteiger partial charge in [0.2, 0.25) is 0 Å². The Kier molecular flexibility index (Phi) is 2.82. The third kappa shape index (κ3) is 2.12. The molecule has 0 spiro atoms. The van der Waals surface area contributed by atoms with Gasteiger partial charge < -0.3 is 5.32 Å². The molecule has 0 unspecified atom stereocenters. The second-order valence-electron chi connectivity index (χ2n) is 3.25. The average Bonchev–Trinajstić information content (AvgIpc) is 2.70. The van der Waals surface area contributed by atoms with Crippen LogP contribution in [0.5, 0.6) is 0 Å². The van der Waals surface area contributed by atoms with E-state index < -0.39 is 23.2 Å². The lowest BCUT2D eigenvalue weighted by molar-refractivity contribution is 0.101. The molecule has 2 aromatic rings. The number of rotatable bonds is 2. The minimum atomic E-state index is -0.868. The lowest BCUT2D eigenvalue weighted by Crippen LogP contribution is -2.15. The fourth-order valence-electron chi connectivity index (χ4n) is 1.23. The second-order valence-corrected chi connectivity index (χ2v) is 3.25. The Hall–Kier alpha value is -2.31. The molecule has 0 aliphatic carbocycles. The van der Waals surface area contributed by atoms with Gasteiger partial charge in [0.1, 0.15) is 23.0 Å². The van der Waals surface area contributed by atoms with Crippen molar-refractivity contribution in [2.45, 2.75) is 6.92 Å². The van der Waals surface area contributed by atoms with Crippen LogP contribution in [0, 0.1) is 18.6 Å². The summed E-state index contributed by atoms with van der Waals surface area (Å²) in [6.07, 6.45) is 0. The lowest BCUT2D eigenvalue weighted by atomic mass is 10.2. The van der Waals surface area contributed by atoms with Gasteiger partial charge in [0, 0.05) is 0 Å². The summed E-state index contributed by atoms with van der Waals surface area (Å²) in [6, 6.07) is 3.27. The minimum Gasteiger partial charge on any atom is -0.316 e. The molecular weight excluding hydrogens is 232 g/mol. The number of benzene rings is 1. The summed E-state index contributed by atoms with van der Waals surface area (Å²) in [5.74, 6) is -2.52. The van der Waals surface area contributed by atoms with Crippen LogP contribution in [0.15, 0.2) is 22.8 Å². The van der Waals surface area contributed by atoms with Crippen LogP contribution in [0.4, 0.5) is 14.5 Å². The molecule has 5 nitrogen and oxygen atoms in total. The highest BCUT2D eigenvalue weighted by molar-refractivity contribution is 6.03. The molecule has 88 valence electrons. The Bertz CT molecular complexity index is 548. The zero-order chi connectivity index (χ0) is 12.4. The maximum Gasteiger partial charge on any atom is 0.280 e. The number of anilines is 1. The molecule has 0 radical (unpaired) electrons. The van der Waals surface area contributed by atoms with Crippen LogP contribution in [0.2, 0.25) is 0 Å². The number of carbonyl (C=O) groups is 1. The van der Waals surface area contributed by atoms with Crippen molar-refractivity contribution in [3.8, 4) is 0 Å². The Balaban J connectivity index is 2.28. The van der Waals surface area contributed by atoms with Gasteiger partial charge in [-0.2, -0.15) is 0 Å². The molecule has 1 aromatic heterocycles. The van der Waals surface area contributed by atoms with Crippen LogP contribution in [0.1, 0.15) is 16.2 Å². The van der Waals surface area contributed by atoms with Crippen molar-refractivity contribution in [2.24, 2.45) is 0 Å². The van der Waals surface area contributed by atoms with E-state index in [2.05, 4.69) is 20.3 Å². The number of halogens is 2. The van der Waals surface area contributed by atoms with Gasteiger partial charge in [0.25, 0.3) is 5.91 Å². The van der Waals surface area contributed by atoms with Gasteiger partial charge in [-0.3, -0.25) is 4.79 Å². The van der Waals surface area contributed by atoms with Gasteiger partial charge in [-0.15, -0.1) is 0 Å². The SMILES string of the molecule is Cc1nonc1C(=O)Nc1c(F)cccc1F. The van der Waals surface area contributed by atoms with Crippen molar-refractivity contribution in [1.29, 1.82) is 0 Å². The van der Waals surface area contributed by atoms with Crippen molar-refractivity contribution in [3.63, 3.8) is 0 Å². The van der Waals surface area contributed by atoms with Crippen LogP contribution in [-0.4, -0.2) is 16.2 Å². The van der Waals surface area contributed by atoms with Gasteiger partial charge in [-0.25, -0.2) is 13.4 Å². The van der Waals surface area contributed by atoms with E-state index in [-0.39, 0.29) is 11.4 Å². The van der Waals surface area contributed by atoms with E-state index in [1.165, 1.54) is 13.0 Å². The van der Waals surface area contributed by atoms with Gasteiger partial charge in [0.05, 0.1) is 0 Å². The van der Waals surface area contributed by atoms with Crippen LogP contribution < -0.4 is 5.32 Å². The summed E-state index contributed by atoms with van der Waals surface area (Å²) in [5.41, 5.74) is -0.410. The molecule has 0 aliphatic rings. The first-order valence-electron chi connectivity index (χ1n) is 4.64. The fraction of sp³-hybridized carbons (Fsp3) is 0.100. The number of carbonyl (C=O) groups excluding carboxylic acids is 1. The third-order valence-corrected chi connectivity index (χ3v) is 2.07. The Morgan fingerprint density at radius 3 is 2.47 bits per heavy atom. The molecule has 0 saturated heterocycles. The summed E-state index contributed by atoms with van der Waals surface area (Å²) in [6.45, 7) is 1.49. The first-order chi connectivity index (χ1) is 8.09. The molecule has 1 amide bonds. The molecule has 17 heavy (non-hydrogen) atoms.